The number of carbonyl (C=O) groups is 3. The number of rotatable bonds is 6. The van der Waals surface area contributed by atoms with Crippen molar-refractivity contribution in [1.29, 1.82) is 0 Å². The Morgan fingerprint density at radius 2 is 1.84 bits per heavy atom. The van der Waals surface area contributed by atoms with Crippen molar-refractivity contribution in [3.05, 3.63) is 35.3 Å². The Balaban J connectivity index is 1.68. The number of hydrogen-bond acceptors (Lipinski definition) is 5. The van der Waals surface area contributed by atoms with Crippen LogP contribution < -0.4 is 5.32 Å². The molecule has 0 radical (unpaired) electrons. The summed E-state index contributed by atoms with van der Waals surface area (Å²) in [6.07, 6.45) is 3.63. The third-order valence-electron chi connectivity index (χ3n) is 6.75. The van der Waals surface area contributed by atoms with Crippen LogP contribution in [-0.2, 0) is 9.53 Å². The summed E-state index contributed by atoms with van der Waals surface area (Å²) < 4.78 is 7.79. The van der Waals surface area contributed by atoms with Gasteiger partial charge in [0.2, 0.25) is 5.91 Å². The van der Waals surface area contributed by atoms with Gasteiger partial charge in [-0.1, -0.05) is 13.8 Å². The number of benzene rings is 1. The fourth-order valence-corrected chi connectivity index (χ4v) is 4.61. The Bertz CT molecular complexity index is 1120. The molecule has 0 bridgehead atoms. The number of amides is 1. The fraction of sp³-hybridized carbons (Fsp3) is 0.520. The first-order valence-corrected chi connectivity index (χ1v) is 11.5. The van der Waals surface area contributed by atoms with Gasteiger partial charge in [0.15, 0.2) is 11.6 Å². The van der Waals surface area contributed by atoms with Crippen LogP contribution in [0, 0.1) is 17.8 Å². The van der Waals surface area contributed by atoms with Gasteiger partial charge in [-0.25, -0.2) is 4.98 Å². The summed E-state index contributed by atoms with van der Waals surface area (Å²) in [4.78, 5) is 44.0. The standard InChI is InChI=1S/C25H29N3O4/c1-12(2)23-27-19-17-10-9-16(26-24(31)14-5-6-14)11-18(17)21(29)13(3)22(30)20(19)28(23)25(32-4)15-7-8-15/h9-15,25H,5-8H2,1-4H3,(H,26,31)/t13-,25?/m0/s1. The highest BCUT2D eigenvalue weighted by Gasteiger charge is 2.42. The minimum Gasteiger partial charge on any atom is -0.361 e. The van der Waals surface area contributed by atoms with Crippen molar-refractivity contribution < 1.29 is 19.1 Å². The lowest BCUT2D eigenvalue weighted by molar-refractivity contribution is -0.117. The zero-order valence-electron chi connectivity index (χ0n) is 19.0. The number of carbonyl (C=O) groups excluding carboxylic acids is 3. The van der Waals surface area contributed by atoms with Crippen LogP contribution in [-0.4, -0.2) is 34.1 Å². The highest BCUT2D eigenvalue weighted by molar-refractivity contribution is 6.22. The summed E-state index contributed by atoms with van der Waals surface area (Å²) in [6, 6.07) is 5.29. The third-order valence-corrected chi connectivity index (χ3v) is 6.75. The Kier molecular flexibility index (Phi) is 5.04. The number of ketones is 2. The normalized spacial score (nSPS) is 21.2. The number of aromatic nitrogens is 2. The Morgan fingerprint density at radius 3 is 2.44 bits per heavy atom. The van der Waals surface area contributed by atoms with Crippen LogP contribution in [0.5, 0.6) is 0 Å². The number of ether oxygens (including phenoxy) is 1. The maximum Gasteiger partial charge on any atom is 0.227 e. The summed E-state index contributed by atoms with van der Waals surface area (Å²) in [5, 5.41) is 2.91. The van der Waals surface area contributed by atoms with Gasteiger partial charge in [0, 0.05) is 41.7 Å². The molecule has 1 unspecified atom stereocenters. The Hall–Kier alpha value is -2.80. The predicted octanol–water partition coefficient (Wildman–Crippen LogP) is 4.59. The molecule has 0 spiro atoms. The van der Waals surface area contributed by atoms with Crippen LogP contribution in [0.3, 0.4) is 0 Å². The largest absolute Gasteiger partial charge is 0.361 e. The van der Waals surface area contributed by atoms with E-state index in [0.29, 0.717) is 34.1 Å². The second-order valence-electron chi connectivity index (χ2n) is 9.63. The molecule has 5 rings (SSSR count). The van der Waals surface area contributed by atoms with E-state index < -0.39 is 5.92 Å². The minimum atomic E-state index is -0.837. The quantitative estimate of drug-likeness (QED) is 0.670. The Labute approximate surface area is 187 Å². The molecule has 1 aromatic heterocycles. The van der Waals surface area contributed by atoms with Crippen LogP contribution in [0.25, 0.3) is 11.3 Å². The third kappa shape index (κ3) is 3.39. The molecule has 2 saturated carbocycles. The van der Waals surface area contributed by atoms with Crippen molar-refractivity contribution in [2.24, 2.45) is 17.8 Å². The molecule has 0 aliphatic heterocycles. The lowest BCUT2D eigenvalue weighted by Crippen LogP contribution is -2.26. The molecular weight excluding hydrogens is 406 g/mol. The van der Waals surface area contributed by atoms with E-state index in [0.717, 1.165) is 31.5 Å². The van der Waals surface area contributed by atoms with Crippen LogP contribution >= 0.6 is 0 Å². The molecule has 1 N–H and O–H groups in total. The van der Waals surface area contributed by atoms with E-state index in [1.165, 1.54) is 0 Å². The van der Waals surface area contributed by atoms with Gasteiger partial charge in [0.05, 0.1) is 5.92 Å². The van der Waals surface area contributed by atoms with Gasteiger partial charge >= 0.3 is 0 Å². The molecule has 7 nitrogen and oxygen atoms in total. The van der Waals surface area contributed by atoms with Crippen LogP contribution in [0.1, 0.15) is 85.3 Å². The molecule has 3 aliphatic carbocycles. The SMILES string of the molecule is COC(C1CC1)n1c(C(C)C)nc2c1C(=O)[C@@H](C)C(=O)c1cc(NC(=O)C3CC3)ccc1-2. The van der Waals surface area contributed by atoms with Crippen molar-refractivity contribution in [3.63, 3.8) is 0 Å². The molecule has 1 heterocycles. The lowest BCUT2D eigenvalue weighted by Gasteiger charge is -2.23. The monoisotopic (exact) mass is 435 g/mol. The van der Waals surface area contributed by atoms with Gasteiger partial charge in [0.1, 0.15) is 23.4 Å². The molecule has 1 amide bonds. The van der Waals surface area contributed by atoms with Crippen molar-refractivity contribution >= 4 is 23.2 Å². The fourth-order valence-electron chi connectivity index (χ4n) is 4.61. The van der Waals surface area contributed by atoms with Crippen molar-refractivity contribution in [3.8, 4) is 11.3 Å². The van der Waals surface area contributed by atoms with Crippen molar-refractivity contribution in [2.45, 2.75) is 58.6 Å². The lowest BCUT2D eigenvalue weighted by atomic mass is 9.95. The second kappa shape index (κ2) is 7.66. The zero-order chi connectivity index (χ0) is 22.7. The molecule has 7 heteroatoms. The summed E-state index contributed by atoms with van der Waals surface area (Å²) in [5.41, 5.74) is 2.64. The number of nitrogens with zero attached hydrogens (tertiary/aromatic N) is 2. The topological polar surface area (TPSA) is 90.3 Å². The number of hydrogen-bond donors (Lipinski definition) is 1. The number of anilines is 1. The van der Waals surface area contributed by atoms with Crippen LogP contribution in [0.4, 0.5) is 5.69 Å². The molecular formula is C25H29N3O4. The maximum absolute atomic E-state index is 13.6. The van der Waals surface area contributed by atoms with E-state index in [-0.39, 0.29) is 35.5 Å². The van der Waals surface area contributed by atoms with Crippen LogP contribution in [0.15, 0.2) is 18.2 Å². The number of nitrogens with one attached hydrogen (secondary N) is 1. The van der Waals surface area contributed by atoms with E-state index >= 15 is 0 Å². The molecule has 2 fully saturated rings. The van der Waals surface area contributed by atoms with E-state index in [1.807, 2.05) is 18.4 Å². The average Bonchev–Trinajstić information content (AvgIpc) is 3.68. The van der Waals surface area contributed by atoms with Gasteiger partial charge in [-0.05, 0) is 50.8 Å². The molecule has 3 aliphatic rings. The highest BCUT2D eigenvalue weighted by atomic mass is 16.5. The summed E-state index contributed by atoms with van der Waals surface area (Å²) >= 11 is 0. The molecule has 32 heavy (non-hydrogen) atoms. The summed E-state index contributed by atoms with van der Waals surface area (Å²) in [5.74, 6) is -0.0494. The molecule has 2 atom stereocenters. The van der Waals surface area contributed by atoms with E-state index in [1.54, 1.807) is 32.2 Å². The summed E-state index contributed by atoms with van der Waals surface area (Å²) in [6.45, 7) is 5.76. The van der Waals surface area contributed by atoms with E-state index in [9.17, 15) is 14.4 Å². The van der Waals surface area contributed by atoms with Crippen molar-refractivity contribution in [1.82, 2.24) is 9.55 Å². The first-order chi connectivity index (χ1) is 15.3. The number of methoxy groups -OCH3 is 1. The van der Waals surface area contributed by atoms with E-state index in [2.05, 4.69) is 5.32 Å². The van der Waals surface area contributed by atoms with Gasteiger partial charge in [-0.15, -0.1) is 0 Å². The Morgan fingerprint density at radius 1 is 1.12 bits per heavy atom. The predicted molar refractivity (Wildman–Crippen MR) is 120 cm³/mol. The number of imidazole rings is 1. The van der Waals surface area contributed by atoms with Gasteiger partial charge in [-0.2, -0.15) is 0 Å². The van der Waals surface area contributed by atoms with Gasteiger partial charge < -0.3 is 10.1 Å². The first-order valence-electron chi connectivity index (χ1n) is 11.5. The summed E-state index contributed by atoms with van der Waals surface area (Å²) in [7, 11) is 1.66. The smallest absolute Gasteiger partial charge is 0.227 e. The van der Waals surface area contributed by atoms with E-state index in [4.69, 9.17) is 9.72 Å². The van der Waals surface area contributed by atoms with Crippen molar-refractivity contribution in [2.75, 3.05) is 12.4 Å². The van der Waals surface area contributed by atoms with Crippen LogP contribution in [0.2, 0.25) is 0 Å². The van der Waals surface area contributed by atoms with Gasteiger partial charge in [-0.3, -0.25) is 19.0 Å². The average molecular weight is 436 g/mol. The number of fused-ring (bicyclic) bond motifs is 3. The maximum atomic E-state index is 13.6. The molecule has 1 aromatic carbocycles. The molecule has 168 valence electrons. The first kappa shape index (κ1) is 21.1. The number of Topliss-reactive ketones (excluding diaryl/α,β-unsaturated/α-hetero) is 2. The molecule has 0 saturated heterocycles. The second-order valence-corrected chi connectivity index (χ2v) is 9.63. The molecule has 2 aromatic rings. The highest BCUT2D eigenvalue weighted by Crippen LogP contribution is 2.45. The minimum absolute atomic E-state index is 0.0189. The zero-order valence-corrected chi connectivity index (χ0v) is 19.0. The van der Waals surface area contributed by atoms with Gasteiger partial charge in [0.25, 0.3) is 0 Å².